The van der Waals surface area contributed by atoms with Gasteiger partial charge in [-0.1, -0.05) is 6.92 Å². The summed E-state index contributed by atoms with van der Waals surface area (Å²) < 4.78 is 7.40. The predicted octanol–water partition coefficient (Wildman–Crippen LogP) is 2.12. The van der Waals surface area contributed by atoms with Crippen molar-refractivity contribution in [2.45, 2.75) is 46.7 Å². The highest BCUT2D eigenvalue weighted by Gasteiger charge is 2.05. The summed E-state index contributed by atoms with van der Waals surface area (Å²) >= 11 is 0. The Morgan fingerprint density at radius 2 is 2.24 bits per heavy atom. The van der Waals surface area contributed by atoms with E-state index in [0.29, 0.717) is 0 Å². The van der Waals surface area contributed by atoms with Crippen LogP contribution in [-0.4, -0.2) is 29.5 Å². The molecule has 0 aromatic carbocycles. The van der Waals surface area contributed by atoms with Crippen molar-refractivity contribution in [3.63, 3.8) is 0 Å². The molecule has 1 aromatic heterocycles. The molecule has 0 saturated heterocycles. The molecular weight excluding hydrogens is 214 g/mol. The average Bonchev–Trinajstić information content (AvgIpc) is 2.67. The van der Waals surface area contributed by atoms with Gasteiger partial charge in [-0.25, -0.2) is 0 Å². The number of aromatic nitrogens is 2. The minimum atomic E-state index is 0.796. The van der Waals surface area contributed by atoms with Crippen LogP contribution in [0.4, 0.5) is 0 Å². The summed E-state index contributed by atoms with van der Waals surface area (Å²) in [6, 6.07) is 0. The molecule has 1 aromatic rings. The minimum Gasteiger partial charge on any atom is -0.382 e. The Kier molecular flexibility index (Phi) is 6.89. The molecule has 17 heavy (non-hydrogen) atoms. The summed E-state index contributed by atoms with van der Waals surface area (Å²) in [5, 5.41) is 7.82. The molecule has 0 aliphatic heterocycles. The van der Waals surface area contributed by atoms with Gasteiger partial charge < -0.3 is 10.1 Å². The van der Waals surface area contributed by atoms with Gasteiger partial charge in [0, 0.05) is 37.6 Å². The predicted molar refractivity (Wildman–Crippen MR) is 70.1 cm³/mol. The van der Waals surface area contributed by atoms with E-state index in [9.17, 15) is 0 Å². The van der Waals surface area contributed by atoms with Crippen LogP contribution in [0.15, 0.2) is 6.20 Å². The van der Waals surface area contributed by atoms with Gasteiger partial charge in [0.25, 0.3) is 0 Å². The molecule has 0 saturated carbocycles. The second-order valence-electron chi connectivity index (χ2n) is 4.21. The van der Waals surface area contributed by atoms with Gasteiger partial charge in [0.2, 0.25) is 0 Å². The maximum absolute atomic E-state index is 5.33. The third-order valence-corrected chi connectivity index (χ3v) is 2.81. The van der Waals surface area contributed by atoms with Crippen LogP contribution in [0.25, 0.3) is 0 Å². The van der Waals surface area contributed by atoms with E-state index >= 15 is 0 Å². The Morgan fingerprint density at radius 1 is 1.41 bits per heavy atom. The molecule has 0 unspecified atom stereocenters. The van der Waals surface area contributed by atoms with E-state index in [1.165, 1.54) is 17.7 Å². The number of hydrogen-bond donors (Lipinski definition) is 1. The number of hydrogen-bond acceptors (Lipinski definition) is 3. The molecule has 1 rings (SSSR count). The van der Waals surface area contributed by atoms with Gasteiger partial charge in [-0.05, 0) is 33.2 Å². The van der Waals surface area contributed by atoms with E-state index in [1.54, 1.807) is 0 Å². The second kappa shape index (κ2) is 8.25. The number of rotatable bonds is 9. The first-order valence-electron chi connectivity index (χ1n) is 6.59. The van der Waals surface area contributed by atoms with E-state index in [4.69, 9.17) is 4.74 Å². The summed E-state index contributed by atoms with van der Waals surface area (Å²) in [5.74, 6) is 0. The third kappa shape index (κ3) is 4.88. The van der Waals surface area contributed by atoms with Crippen LogP contribution < -0.4 is 5.32 Å². The van der Waals surface area contributed by atoms with Gasteiger partial charge in [0.05, 0.1) is 6.20 Å². The van der Waals surface area contributed by atoms with Gasteiger partial charge in [-0.3, -0.25) is 4.68 Å². The van der Waals surface area contributed by atoms with Crippen molar-refractivity contribution in [3.05, 3.63) is 17.5 Å². The van der Waals surface area contributed by atoms with Crippen LogP contribution in [0, 0.1) is 6.92 Å². The fraction of sp³-hybridized carbons (Fsp3) is 0.769. The SMILES string of the molecule is CCCNCc1cnn(CCCOCC)c1C. The molecule has 0 spiro atoms. The zero-order valence-corrected chi connectivity index (χ0v) is 11.3. The van der Waals surface area contributed by atoms with Crippen molar-refractivity contribution in [3.8, 4) is 0 Å². The number of ether oxygens (including phenoxy) is 1. The van der Waals surface area contributed by atoms with Crippen LogP contribution in [0.1, 0.15) is 37.9 Å². The Labute approximate surface area is 104 Å². The maximum atomic E-state index is 5.33. The largest absolute Gasteiger partial charge is 0.382 e. The minimum absolute atomic E-state index is 0.796. The zero-order chi connectivity index (χ0) is 12.5. The number of nitrogens with zero attached hydrogens (tertiary/aromatic N) is 2. The quantitative estimate of drug-likeness (QED) is 0.671. The Hall–Kier alpha value is -0.870. The highest BCUT2D eigenvalue weighted by atomic mass is 16.5. The first-order valence-corrected chi connectivity index (χ1v) is 6.59. The molecule has 0 aliphatic rings. The monoisotopic (exact) mass is 239 g/mol. The van der Waals surface area contributed by atoms with Crippen LogP contribution >= 0.6 is 0 Å². The number of aryl methyl sites for hydroxylation is 1. The lowest BCUT2D eigenvalue weighted by atomic mass is 10.2. The molecule has 0 amide bonds. The topological polar surface area (TPSA) is 39.1 Å². The van der Waals surface area contributed by atoms with Crippen LogP contribution in [0.3, 0.4) is 0 Å². The first-order chi connectivity index (χ1) is 8.29. The highest BCUT2D eigenvalue weighted by Crippen LogP contribution is 2.07. The van der Waals surface area contributed by atoms with E-state index in [-0.39, 0.29) is 0 Å². The van der Waals surface area contributed by atoms with Crippen molar-refractivity contribution in [1.29, 1.82) is 0 Å². The van der Waals surface area contributed by atoms with Gasteiger partial charge in [0.1, 0.15) is 0 Å². The van der Waals surface area contributed by atoms with E-state index < -0.39 is 0 Å². The molecule has 98 valence electrons. The van der Waals surface area contributed by atoms with Crippen molar-refractivity contribution >= 4 is 0 Å². The lowest BCUT2D eigenvalue weighted by Crippen LogP contribution is -2.14. The molecule has 0 bridgehead atoms. The molecule has 0 radical (unpaired) electrons. The van der Waals surface area contributed by atoms with Crippen molar-refractivity contribution in [2.24, 2.45) is 0 Å². The van der Waals surface area contributed by atoms with Gasteiger partial charge in [0.15, 0.2) is 0 Å². The van der Waals surface area contributed by atoms with E-state index in [1.807, 2.05) is 13.1 Å². The molecule has 1 N–H and O–H groups in total. The summed E-state index contributed by atoms with van der Waals surface area (Å²) in [6.07, 6.45) is 4.17. The van der Waals surface area contributed by atoms with Crippen molar-refractivity contribution in [1.82, 2.24) is 15.1 Å². The molecular formula is C13H25N3O. The fourth-order valence-corrected chi connectivity index (χ4v) is 1.74. The fourth-order valence-electron chi connectivity index (χ4n) is 1.74. The summed E-state index contributed by atoms with van der Waals surface area (Å²) in [7, 11) is 0. The lowest BCUT2D eigenvalue weighted by molar-refractivity contribution is 0.140. The molecule has 1 heterocycles. The Morgan fingerprint density at radius 3 is 2.94 bits per heavy atom. The van der Waals surface area contributed by atoms with Crippen LogP contribution in [-0.2, 0) is 17.8 Å². The standard InChI is InChI=1S/C13H25N3O/c1-4-7-14-10-13-11-15-16(12(13)3)8-6-9-17-5-2/h11,14H,4-10H2,1-3H3. The summed E-state index contributed by atoms with van der Waals surface area (Å²) in [6.45, 7) is 10.9. The Balaban J connectivity index is 2.35. The summed E-state index contributed by atoms with van der Waals surface area (Å²) in [5.41, 5.74) is 2.57. The number of nitrogens with one attached hydrogen (secondary N) is 1. The molecule has 0 atom stereocenters. The molecule has 4 nitrogen and oxygen atoms in total. The molecule has 4 heteroatoms. The molecule has 0 aliphatic carbocycles. The maximum Gasteiger partial charge on any atom is 0.0537 e. The van der Waals surface area contributed by atoms with Gasteiger partial charge in [-0.15, -0.1) is 0 Å². The first kappa shape index (κ1) is 14.2. The smallest absolute Gasteiger partial charge is 0.0537 e. The lowest BCUT2D eigenvalue weighted by Gasteiger charge is -2.06. The normalized spacial score (nSPS) is 11.0. The second-order valence-corrected chi connectivity index (χ2v) is 4.21. The molecule has 0 fully saturated rings. The third-order valence-electron chi connectivity index (χ3n) is 2.81. The highest BCUT2D eigenvalue weighted by molar-refractivity contribution is 5.15. The van der Waals surface area contributed by atoms with E-state index in [0.717, 1.165) is 39.3 Å². The van der Waals surface area contributed by atoms with Crippen LogP contribution in [0.2, 0.25) is 0 Å². The van der Waals surface area contributed by atoms with E-state index in [2.05, 4.69) is 28.9 Å². The van der Waals surface area contributed by atoms with Crippen molar-refractivity contribution in [2.75, 3.05) is 19.8 Å². The van der Waals surface area contributed by atoms with Crippen molar-refractivity contribution < 1.29 is 4.74 Å². The zero-order valence-electron chi connectivity index (χ0n) is 11.3. The van der Waals surface area contributed by atoms with Gasteiger partial charge >= 0.3 is 0 Å². The van der Waals surface area contributed by atoms with Gasteiger partial charge in [-0.2, -0.15) is 5.10 Å². The van der Waals surface area contributed by atoms with Crippen LogP contribution in [0.5, 0.6) is 0 Å². The summed E-state index contributed by atoms with van der Waals surface area (Å²) in [4.78, 5) is 0. The Bertz CT molecular complexity index is 310. The average molecular weight is 239 g/mol.